The molecular weight excluding hydrogens is 909 g/mol. The number of fused-ring (bicyclic) bond motifs is 6. The van der Waals surface area contributed by atoms with Gasteiger partial charge in [0.25, 0.3) is 0 Å². The maximum absolute atomic E-state index is 6.40. The van der Waals surface area contributed by atoms with Crippen molar-refractivity contribution in [2.24, 2.45) is 0 Å². The second-order valence-electron chi connectivity index (χ2n) is 19.3. The molecule has 1 aromatic heterocycles. The number of rotatable bonds is 10. The van der Waals surface area contributed by atoms with E-state index in [1.54, 1.807) is 0 Å². The molecule has 0 aliphatic heterocycles. The molecule has 0 radical (unpaired) electrons. The molecule has 1 heterocycles. The average molecular weight is 957 g/mol. The minimum absolute atomic E-state index is 0.887. The number of benzene rings is 13. The second-order valence-corrected chi connectivity index (χ2v) is 19.3. The van der Waals surface area contributed by atoms with E-state index in [9.17, 15) is 0 Å². The highest BCUT2D eigenvalue weighted by Gasteiger charge is 2.22. The van der Waals surface area contributed by atoms with E-state index >= 15 is 0 Å². The molecule has 14 rings (SSSR count). The van der Waals surface area contributed by atoms with Gasteiger partial charge < -0.3 is 14.2 Å². The fourth-order valence-electron chi connectivity index (χ4n) is 11.1. The Kier molecular flexibility index (Phi) is 10.8. The summed E-state index contributed by atoms with van der Waals surface area (Å²) in [6.07, 6.45) is 0. The van der Waals surface area contributed by atoms with E-state index in [-0.39, 0.29) is 0 Å². The van der Waals surface area contributed by atoms with Crippen LogP contribution in [0.1, 0.15) is 0 Å². The van der Waals surface area contributed by atoms with Gasteiger partial charge in [0.05, 0.1) is 11.4 Å². The van der Waals surface area contributed by atoms with E-state index in [4.69, 9.17) is 4.42 Å². The summed E-state index contributed by atoms with van der Waals surface area (Å²) in [5.74, 6) is 0. The third kappa shape index (κ3) is 8.04. The first-order chi connectivity index (χ1) is 37.2. The normalized spacial score (nSPS) is 11.5. The van der Waals surface area contributed by atoms with E-state index in [1.807, 2.05) is 12.1 Å². The van der Waals surface area contributed by atoms with Gasteiger partial charge >= 0.3 is 0 Å². The summed E-state index contributed by atoms with van der Waals surface area (Å²) < 4.78 is 6.40. The fourth-order valence-corrected chi connectivity index (χ4v) is 11.1. The first-order valence-corrected chi connectivity index (χ1v) is 25.6. The molecule has 0 unspecified atom stereocenters. The van der Waals surface area contributed by atoms with Crippen LogP contribution in [0.3, 0.4) is 0 Å². The van der Waals surface area contributed by atoms with Gasteiger partial charge in [-0.15, -0.1) is 0 Å². The van der Waals surface area contributed by atoms with E-state index < -0.39 is 0 Å². The molecule has 0 N–H and O–H groups in total. The standard InChI is InChI=1S/C72H48N2O/c1-2-15-49(16-3-1)52-29-31-53(32-30-52)54-33-38-59(39-34-54)73(61-40-35-50-17-4-6-19-55(50)45-61)69-27-12-10-23-64(69)57-21-14-22-60(47-57)74(62-41-36-51-18-5-7-20-56(51)46-62)70-44-43-63(65-24-8-9-25-66(65)70)58-37-42-68-67-26-11-13-28-71(67)75-72(68)48-58/h1-48H. The number of hydrogen-bond donors (Lipinski definition) is 0. The zero-order valence-electron chi connectivity index (χ0n) is 41.0. The highest BCUT2D eigenvalue weighted by atomic mass is 16.3. The summed E-state index contributed by atoms with van der Waals surface area (Å²) in [6, 6.07) is 105. The lowest BCUT2D eigenvalue weighted by Crippen LogP contribution is -2.12. The van der Waals surface area contributed by atoms with Crippen LogP contribution in [0.4, 0.5) is 34.1 Å². The van der Waals surface area contributed by atoms with Crippen LogP contribution >= 0.6 is 0 Å². The smallest absolute Gasteiger partial charge is 0.136 e. The quantitative estimate of drug-likeness (QED) is 0.136. The van der Waals surface area contributed by atoms with Gasteiger partial charge in [0.1, 0.15) is 11.2 Å². The minimum atomic E-state index is 0.887. The Labute approximate surface area is 436 Å². The van der Waals surface area contributed by atoms with Crippen molar-refractivity contribution in [2.45, 2.75) is 0 Å². The summed E-state index contributed by atoms with van der Waals surface area (Å²) in [5.41, 5.74) is 17.5. The van der Waals surface area contributed by atoms with Crippen LogP contribution in [-0.2, 0) is 0 Å². The maximum Gasteiger partial charge on any atom is 0.136 e. The zero-order chi connectivity index (χ0) is 49.7. The predicted molar refractivity (Wildman–Crippen MR) is 317 cm³/mol. The topological polar surface area (TPSA) is 19.6 Å². The third-order valence-electron chi connectivity index (χ3n) is 14.8. The van der Waals surface area contributed by atoms with E-state index in [0.29, 0.717) is 0 Å². The van der Waals surface area contributed by atoms with Gasteiger partial charge in [-0.2, -0.15) is 0 Å². The average Bonchev–Trinajstić information content (AvgIpc) is 3.86. The monoisotopic (exact) mass is 956 g/mol. The van der Waals surface area contributed by atoms with Crippen molar-refractivity contribution in [3.8, 4) is 44.5 Å². The zero-order valence-corrected chi connectivity index (χ0v) is 41.0. The summed E-state index contributed by atoms with van der Waals surface area (Å²) >= 11 is 0. The molecule has 0 saturated carbocycles. The Balaban J connectivity index is 0.896. The van der Waals surface area contributed by atoms with Gasteiger partial charge in [0, 0.05) is 44.5 Å². The molecule has 75 heavy (non-hydrogen) atoms. The summed E-state index contributed by atoms with van der Waals surface area (Å²) in [4.78, 5) is 4.84. The van der Waals surface area contributed by atoms with Gasteiger partial charge in [-0.05, 0) is 145 Å². The van der Waals surface area contributed by atoms with Gasteiger partial charge in [0.15, 0.2) is 0 Å². The molecule has 352 valence electrons. The molecule has 3 heteroatoms. The molecular formula is C72H48N2O. The largest absolute Gasteiger partial charge is 0.456 e. The van der Waals surface area contributed by atoms with Crippen LogP contribution in [0.15, 0.2) is 296 Å². The van der Waals surface area contributed by atoms with Crippen LogP contribution in [0.5, 0.6) is 0 Å². The van der Waals surface area contributed by atoms with Crippen LogP contribution in [0.25, 0.3) is 98.8 Å². The lowest BCUT2D eigenvalue weighted by molar-refractivity contribution is 0.669. The van der Waals surface area contributed by atoms with Crippen molar-refractivity contribution in [1.82, 2.24) is 0 Å². The second kappa shape index (κ2) is 18.6. The van der Waals surface area contributed by atoms with Crippen molar-refractivity contribution < 1.29 is 4.42 Å². The molecule has 0 aliphatic carbocycles. The number of para-hydroxylation sites is 2. The van der Waals surface area contributed by atoms with Crippen molar-refractivity contribution in [3.63, 3.8) is 0 Å². The highest BCUT2D eigenvalue weighted by molar-refractivity contribution is 6.10. The Bertz CT molecular complexity index is 4420. The van der Waals surface area contributed by atoms with Crippen LogP contribution in [0, 0.1) is 0 Å². The summed E-state index contributed by atoms with van der Waals surface area (Å²) in [5, 5.41) is 9.35. The molecule has 0 saturated heterocycles. The Morgan fingerprint density at radius 1 is 0.213 bits per heavy atom. The molecule has 0 bridgehead atoms. The minimum Gasteiger partial charge on any atom is -0.456 e. The predicted octanol–water partition coefficient (Wildman–Crippen LogP) is 20.7. The number of furan rings is 1. The molecule has 0 fully saturated rings. The molecule has 14 aromatic rings. The van der Waals surface area contributed by atoms with E-state index in [2.05, 4.69) is 289 Å². The summed E-state index contributed by atoms with van der Waals surface area (Å²) in [6.45, 7) is 0. The molecule has 0 aliphatic rings. The van der Waals surface area contributed by atoms with Crippen LogP contribution < -0.4 is 9.80 Å². The van der Waals surface area contributed by atoms with Gasteiger partial charge in [0.2, 0.25) is 0 Å². The van der Waals surface area contributed by atoms with Crippen molar-refractivity contribution in [1.29, 1.82) is 0 Å². The van der Waals surface area contributed by atoms with Gasteiger partial charge in [-0.25, -0.2) is 0 Å². The maximum atomic E-state index is 6.40. The highest BCUT2D eigenvalue weighted by Crippen LogP contribution is 2.47. The molecule has 0 amide bonds. The number of anilines is 6. The van der Waals surface area contributed by atoms with Crippen LogP contribution in [0.2, 0.25) is 0 Å². The van der Waals surface area contributed by atoms with Gasteiger partial charge in [-0.1, -0.05) is 212 Å². The third-order valence-corrected chi connectivity index (χ3v) is 14.8. The first-order valence-electron chi connectivity index (χ1n) is 25.6. The Morgan fingerprint density at radius 3 is 1.40 bits per heavy atom. The number of nitrogens with zero attached hydrogens (tertiary/aromatic N) is 2. The molecule has 3 nitrogen and oxygen atoms in total. The van der Waals surface area contributed by atoms with E-state index in [0.717, 1.165) is 83.7 Å². The van der Waals surface area contributed by atoms with Crippen LogP contribution in [-0.4, -0.2) is 0 Å². The number of hydrogen-bond acceptors (Lipinski definition) is 3. The molecule has 0 atom stereocenters. The Hall–Kier alpha value is -9.96. The lowest BCUT2D eigenvalue weighted by atomic mass is 9.95. The first kappa shape index (κ1) is 43.8. The van der Waals surface area contributed by atoms with Crippen molar-refractivity contribution >= 4 is 88.4 Å². The SMILES string of the molecule is c1ccc(-c2ccc(-c3ccc(N(c4ccc5ccccc5c4)c4ccccc4-c4cccc(N(c5ccc6ccccc6c5)c5ccc(-c6ccc7c(c6)oc6ccccc67)c6ccccc56)c4)cc3)cc2)cc1. The lowest BCUT2D eigenvalue weighted by Gasteiger charge is -2.30. The van der Waals surface area contributed by atoms with Gasteiger partial charge in [-0.3, -0.25) is 0 Å². The van der Waals surface area contributed by atoms with Crippen molar-refractivity contribution in [2.75, 3.05) is 9.80 Å². The fraction of sp³-hybridized carbons (Fsp3) is 0. The van der Waals surface area contributed by atoms with E-state index in [1.165, 1.54) is 49.2 Å². The summed E-state index contributed by atoms with van der Waals surface area (Å²) in [7, 11) is 0. The molecule has 13 aromatic carbocycles. The Morgan fingerprint density at radius 2 is 0.693 bits per heavy atom. The van der Waals surface area contributed by atoms with Crippen molar-refractivity contribution in [3.05, 3.63) is 291 Å². The molecule has 0 spiro atoms.